The largest absolute Gasteiger partial charge is 0.462 e. The van der Waals surface area contributed by atoms with E-state index in [1.165, 1.54) is 0 Å². The summed E-state index contributed by atoms with van der Waals surface area (Å²) in [6, 6.07) is 12.7. The standard InChI is InChI=1S/C22H22N6O3/c1-3-5-17(23-15-9-6-13(7-10-15)20-25-27-28-26-20)19-16-11-8-14(22(30)31-4-2)12-18(16)24-21(19)29/h6-12,23H,3-5H2,1-2H3,(H,24,29)(H,25,26,27,28)/b19-17-. The first kappa shape index (κ1) is 20.3. The van der Waals surface area contributed by atoms with Gasteiger partial charge >= 0.3 is 5.97 Å². The summed E-state index contributed by atoms with van der Waals surface area (Å²) in [7, 11) is 0. The summed E-state index contributed by atoms with van der Waals surface area (Å²) in [6.07, 6.45) is 1.55. The maximum Gasteiger partial charge on any atom is 0.338 e. The van der Waals surface area contributed by atoms with Crippen LogP contribution in [0.4, 0.5) is 11.4 Å². The third-order valence-electron chi connectivity index (χ3n) is 4.88. The summed E-state index contributed by atoms with van der Waals surface area (Å²) in [5, 5.41) is 20.1. The van der Waals surface area contributed by atoms with Gasteiger partial charge in [-0.2, -0.15) is 0 Å². The van der Waals surface area contributed by atoms with Crippen LogP contribution in [0.3, 0.4) is 0 Å². The molecule has 2 aromatic carbocycles. The average Bonchev–Trinajstić information content (AvgIpc) is 3.41. The summed E-state index contributed by atoms with van der Waals surface area (Å²) in [4.78, 5) is 24.8. The lowest BCUT2D eigenvalue weighted by molar-refractivity contribution is -0.110. The highest BCUT2D eigenvalue weighted by Crippen LogP contribution is 2.36. The highest BCUT2D eigenvalue weighted by molar-refractivity contribution is 6.32. The van der Waals surface area contributed by atoms with Gasteiger partial charge in [-0.05, 0) is 60.2 Å². The van der Waals surface area contributed by atoms with Crippen LogP contribution in [0, 0.1) is 0 Å². The number of H-pyrrole nitrogens is 1. The van der Waals surface area contributed by atoms with E-state index in [1.54, 1.807) is 25.1 Å². The molecule has 3 N–H and O–H groups in total. The van der Waals surface area contributed by atoms with Gasteiger partial charge in [0.05, 0.1) is 23.4 Å². The molecule has 9 heteroatoms. The lowest BCUT2D eigenvalue weighted by Crippen LogP contribution is -2.10. The molecule has 0 spiro atoms. The third kappa shape index (κ3) is 4.16. The van der Waals surface area contributed by atoms with Gasteiger partial charge in [-0.3, -0.25) is 4.79 Å². The zero-order valence-electron chi connectivity index (χ0n) is 17.2. The van der Waals surface area contributed by atoms with Crippen molar-refractivity contribution in [3.8, 4) is 11.4 Å². The Kier molecular flexibility index (Phi) is 5.74. The molecule has 0 fully saturated rings. The van der Waals surface area contributed by atoms with E-state index in [9.17, 15) is 9.59 Å². The predicted octanol–water partition coefficient (Wildman–Crippen LogP) is 3.62. The first-order chi connectivity index (χ1) is 15.1. The lowest BCUT2D eigenvalue weighted by Gasteiger charge is -2.14. The molecule has 1 aliphatic heterocycles. The molecule has 1 aliphatic rings. The maximum atomic E-state index is 12.8. The summed E-state index contributed by atoms with van der Waals surface area (Å²) >= 11 is 0. The Bertz CT molecular complexity index is 1140. The van der Waals surface area contributed by atoms with Crippen molar-refractivity contribution >= 4 is 28.8 Å². The van der Waals surface area contributed by atoms with Crippen LogP contribution < -0.4 is 10.6 Å². The SMILES string of the molecule is CCC/C(Nc1ccc(-c2nnn[nH]2)cc1)=C1/C(=O)Nc2cc(C(=O)OCC)ccc21. The Balaban J connectivity index is 1.65. The predicted molar refractivity (Wildman–Crippen MR) is 116 cm³/mol. The number of nitrogens with zero attached hydrogens (tertiary/aromatic N) is 3. The normalized spacial score (nSPS) is 14.1. The molecule has 0 bridgehead atoms. The number of carbonyl (C=O) groups excluding carboxylic acids is 2. The maximum absolute atomic E-state index is 12.8. The topological polar surface area (TPSA) is 122 Å². The first-order valence-electron chi connectivity index (χ1n) is 10.1. The number of fused-ring (bicyclic) bond motifs is 1. The van der Waals surface area contributed by atoms with Crippen molar-refractivity contribution in [1.82, 2.24) is 20.6 Å². The molecule has 0 unspecified atom stereocenters. The van der Waals surface area contributed by atoms with Crippen molar-refractivity contribution in [2.75, 3.05) is 17.2 Å². The van der Waals surface area contributed by atoms with E-state index in [-0.39, 0.29) is 5.91 Å². The Morgan fingerprint density at radius 3 is 2.61 bits per heavy atom. The van der Waals surface area contributed by atoms with E-state index in [0.717, 1.165) is 28.9 Å². The molecule has 0 saturated carbocycles. The zero-order valence-corrected chi connectivity index (χ0v) is 17.2. The van der Waals surface area contributed by atoms with Crippen molar-refractivity contribution in [3.05, 3.63) is 59.3 Å². The molecule has 2 heterocycles. The number of esters is 1. The number of anilines is 2. The summed E-state index contributed by atoms with van der Waals surface area (Å²) in [5.41, 5.74) is 4.87. The van der Waals surface area contributed by atoms with E-state index in [2.05, 4.69) is 38.2 Å². The average molecular weight is 418 g/mol. The number of hydrogen-bond acceptors (Lipinski definition) is 7. The molecule has 1 amide bonds. The van der Waals surface area contributed by atoms with Gasteiger partial charge < -0.3 is 15.4 Å². The number of nitrogens with one attached hydrogen (secondary N) is 3. The fraction of sp³-hybridized carbons (Fsp3) is 0.227. The van der Waals surface area contributed by atoms with Crippen LogP contribution in [0.15, 0.2) is 48.2 Å². The van der Waals surface area contributed by atoms with Crippen LogP contribution in [0.2, 0.25) is 0 Å². The second kappa shape index (κ2) is 8.78. The summed E-state index contributed by atoms with van der Waals surface area (Å²) in [6.45, 7) is 4.11. The molecule has 0 radical (unpaired) electrons. The number of benzene rings is 2. The molecule has 9 nitrogen and oxygen atoms in total. The minimum atomic E-state index is -0.411. The fourth-order valence-electron chi connectivity index (χ4n) is 3.48. The van der Waals surface area contributed by atoms with Crippen LogP contribution in [0.5, 0.6) is 0 Å². The van der Waals surface area contributed by atoms with Gasteiger partial charge in [-0.1, -0.05) is 19.4 Å². The molecule has 0 atom stereocenters. The second-order valence-corrected chi connectivity index (χ2v) is 6.99. The summed E-state index contributed by atoms with van der Waals surface area (Å²) in [5.74, 6) is -0.0255. The van der Waals surface area contributed by atoms with E-state index in [0.29, 0.717) is 35.7 Å². The van der Waals surface area contributed by atoms with Gasteiger partial charge in [0.2, 0.25) is 0 Å². The van der Waals surface area contributed by atoms with E-state index < -0.39 is 5.97 Å². The molecule has 0 saturated heterocycles. The molecule has 3 aromatic rings. The van der Waals surface area contributed by atoms with Crippen molar-refractivity contribution in [2.45, 2.75) is 26.7 Å². The number of hydrogen-bond donors (Lipinski definition) is 3. The zero-order chi connectivity index (χ0) is 21.8. The Labute approximate surface area is 178 Å². The van der Waals surface area contributed by atoms with Crippen LogP contribution in [-0.4, -0.2) is 39.1 Å². The van der Waals surface area contributed by atoms with Crippen LogP contribution >= 0.6 is 0 Å². The van der Waals surface area contributed by atoms with Gasteiger partial charge in [0, 0.05) is 22.5 Å². The number of ether oxygens (including phenoxy) is 1. The molecule has 158 valence electrons. The number of allylic oxidation sites excluding steroid dienone is 1. The molecule has 0 aliphatic carbocycles. The van der Waals surface area contributed by atoms with Gasteiger partial charge in [0.1, 0.15) is 0 Å². The second-order valence-electron chi connectivity index (χ2n) is 6.99. The number of tetrazole rings is 1. The number of rotatable bonds is 7. The van der Waals surface area contributed by atoms with Crippen molar-refractivity contribution in [1.29, 1.82) is 0 Å². The first-order valence-corrected chi connectivity index (χ1v) is 10.1. The monoisotopic (exact) mass is 418 g/mol. The number of aromatic nitrogens is 4. The Morgan fingerprint density at radius 2 is 1.94 bits per heavy atom. The van der Waals surface area contributed by atoms with Crippen molar-refractivity contribution in [2.24, 2.45) is 0 Å². The van der Waals surface area contributed by atoms with E-state index in [1.807, 2.05) is 24.3 Å². The van der Waals surface area contributed by atoms with E-state index in [4.69, 9.17) is 4.74 Å². The van der Waals surface area contributed by atoms with Gasteiger partial charge in [-0.15, -0.1) is 5.10 Å². The van der Waals surface area contributed by atoms with Crippen molar-refractivity contribution in [3.63, 3.8) is 0 Å². The smallest absolute Gasteiger partial charge is 0.338 e. The highest BCUT2D eigenvalue weighted by atomic mass is 16.5. The van der Waals surface area contributed by atoms with Gasteiger partial charge in [0.25, 0.3) is 5.91 Å². The number of carbonyl (C=O) groups is 2. The highest BCUT2D eigenvalue weighted by Gasteiger charge is 2.28. The third-order valence-corrected chi connectivity index (χ3v) is 4.88. The molecule has 31 heavy (non-hydrogen) atoms. The number of amides is 1. The van der Waals surface area contributed by atoms with Crippen LogP contribution in [-0.2, 0) is 9.53 Å². The minimum absolute atomic E-state index is 0.198. The number of aromatic amines is 1. The lowest BCUT2D eigenvalue weighted by atomic mass is 10.0. The minimum Gasteiger partial charge on any atom is -0.462 e. The van der Waals surface area contributed by atoms with Gasteiger partial charge in [0.15, 0.2) is 5.82 Å². The summed E-state index contributed by atoms with van der Waals surface area (Å²) < 4.78 is 5.05. The van der Waals surface area contributed by atoms with Crippen LogP contribution in [0.1, 0.15) is 42.6 Å². The van der Waals surface area contributed by atoms with Crippen LogP contribution in [0.25, 0.3) is 17.0 Å². The van der Waals surface area contributed by atoms with Gasteiger partial charge in [-0.25, -0.2) is 9.89 Å². The fourth-order valence-corrected chi connectivity index (χ4v) is 3.48. The van der Waals surface area contributed by atoms with E-state index >= 15 is 0 Å². The quantitative estimate of drug-likeness (QED) is 0.396. The van der Waals surface area contributed by atoms with Crippen molar-refractivity contribution < 1.29 is 14.3 Å². The molecule has 1 aromatic heterocycles. The molecule has 4 rings (SSSR count). The molecular formula is C22H22N6O3. The Hall–Kier alpha value is -4.01. The Morgan fingerprint density at radius 1 is 1.13 bits per heavy atom. The molecular weight excluding hydrogens is 396 g/mol.